The summed E-state index contributed by atoms with van der Waals surface area (Å²) in [6, 6.07) is 10.3. The van der Waals surface area contributed by atoms with Gasteiger partial charge >= 0.3 is 6.18 Å². The molecule has 0 aliphatic heterocycles. The Labute approximate surface area is 151 Å². The molecule has 1 aromatic carbocycles. The van der Waals surface area contributed by atoms with Crippen LogP contribution in [0.25, 0.3) is 10.7 Å². The molecule has 0 atom stereocenters. The minimum Gasteiger partial charge on any atom is -0.347 e. The fourth-order valence-corrected chi connectivity index (χ4v) is 3.29. The summed E-state index contributed by atoms with van der Waals surface area (Å²) >= 11 is 1.20. The van der Waals surface area contributed by atoms with Gasteiger partial charge in [-0.2, -0.15) is 13.2 Å². The molecule has 26 heavy (non-hydrogen) atoms. The highest BCUT2D eigenvalue weighted by Gasteiger charge is 2.30. The van der Waals surface area contributed by atoms with Crippen molar-refractivity contribution in [2.45, 2.75) is 19.6 Å². The maximum absolute atomic E-state index is 12.7. The third-order valence-corrected chi connectivity index (χ3v) is 4.77. The number of rotatable bonds is 4. The summed E-state index contributed by atoms with van der Waals surface area (Å²) in [7, 11) is 0. The zero-order chi connectivity index (χ0) is 18.7. The van der Waals surface area contributed by atoms with Gasteiger partial charge in [0.25, 0.3) is 5.91 Å². The number of nitrogens with one attached hydrogen (secondary N) is 1. The van der Waals surface area contributed by atoms with Gasteiger partial charge in [-0.25, -0.2) is 4.98 Å². The van der Waals surface area contributed by atoms with Crippen molar-refractivity contribution in [3.05, 3.63) is 70.4 Å². The highest BCUT2D eigenvalue weighted by atomic mass is 32.1. The van der Waals surface area contributed by atoms with Crippen LogP contribution in [0.2, 0.25) is 0 Å². The zero-order valence-corrected chi connectivity index (χ0v) is 14.5. The molecule has 134 valence electrons. The van der Waals surface area contributed by atoms with Gasteiger partial charge in [-0.05, 0) is 36.8 Å². The number of alkyl halides is 3. The van der Waals surface area contributed by atoms with Gasteiger partial charge in [0.2, 0.25) is 0 Å². The predicted octanol–water partition coefficient (Wildman–Crippen LogP) is 4.46. The quantitative estimate of drug-likeness (QED) is 0.730. The Morgan fingerprint density at radius 3 is 2.69 bits per heavy atom. The normalized spacial score (nSPS) is 11.4. The number of halogens is 3. The molecule has 3 aromatic rings. The molecule has 0 bridgehead atoms. The van der Waals surface area contributed by atoms with Crippen LogP contribution >= 0.6 is 11.3 Å². The van der Waals surface area contributed by atoms with Gasteiger partial charge in [0.1, 0.15) is 9.88 Å². The van der Waals surface area contributed by atoms with Crippen LogP contribution in [0.15, 0.2) is 48.7 Å². The van der Waals surface area contributed by atoms with E-state index in [0.717, 1.165) is 12.1 Å². The Morgan fingerprint density at radius 1 is 1.19 bits per heavy atom. The number of carbonyl (C=O) groups is 1. The Kier molecular flexibility index (Phi) is 5.03. The monoisotopic (exact) mass is 377 g/mol. The minimum atomic E-state index is -4.41. The third kappa shape index (κ3) is 4.08. The van der Waals surface area contributed by atoms with Crippen LogP contribution in [0.3, 0.4) is 0 Å². The molecule has 0 aliphatic carbocycles. The second-order valence-corrected chi connectivity index (χ2v) is 6.53. The molecular weight excluding hydrogens is 363 g/mol. The minimum absolute atomic E-state index is 0.000979. The van der Waals surface area contributed by atoms with E-state index in [9.17, 15) is 18.0 Å². The SMILES string of the molecule is Cc1nc(-c2ccccn2)sc1C(=O)NCc1cccc(C(F)(F)F)c1. The molecular formula is C18H14F3N3OS. The number of pyridine rings is 1. The maximum Gasteiger partial charge on any atom is 0.416 e. The van der Waals surface area contributed by atoms with Crippen molar-refractivity contribution in [2.75, 3.05) is 0 Å². The number of benzene rings is 1. The van der Waals surface area contributed by atoms with Crippen molar-refractivity contribution in [3.8, 4) is 10.7 Å². The molecule has 0 aliphatic rings. The molecule has 8 heteroatoms. The molecule has 4 nitrogen and oxygen atoms in total. The number of aryl methyl sites for hydroxylation is 1. The van der Waals surface area contributed by atoms with Gasteiger partial charge in [-0.1, -0.05) is 18.2 Å². The first-order chi connectivity index (χ1) is 12.3. The third-order valence-electron chi connectivity index (χ3n) is 3.59. The van der Waals surface area contributed by atoms with E-state index in [1.807, 2.05) is 6.07 Å². The highest BCUT2D eigenvalue weighted by molar-refractivity contribution is 7.17. The average molecular weight is 377 g/mol. The second kappa shape index (κ2) is 7.25. The number of thiazole rings is 1. The molecule has 0 saturated carbocycles. The smallest absolute Gasteiger partial charge is 0.347 e. The van der Waals surface area contributed by atoms with Crippen LogP contribution in [-0.2, 0) is 12.7 Å². The number of hydrogen-bond acceptors (Lipinski definition) is 4. The maximum atomic E-state index is 12.7. The first-order valence-electron chi connectivity index (χ1n) is 7.68. The highest BCUT2D eigenvalue weighted by Crippen LogP contribution is 2.30. The van der Waals surface area contributed by atoms with Crippen LogP contribution in [0.4, 0.5) is 13.2 Å². The molecule has 3 rings (SSSR count). The molecule has 0 radical (unpaired) electrons. The Hall–Kier alpha value is -2.74. The lowest BCUT2D eigenvalue weighted by molar-refractivity contribution is -0.137. The largest absolute Gasteiger partial charge is 0.416 e. The van der Waals surface area contributed by atoms with Gasteiger partial charge in [0.15, 0.2) is 0 Å². The van der Waals surface area contributed by atoms with E-state index < -0.39 is 11.7 Å². The van der Waals surface area contributed by atoms with Gasteiger partial charge < -0.3 is 5.32 Å². The number of amides is 1. The van der Waals surface area contributed by atoms with E-state index in [4.69, 9.17) is 0 Å². The van der Waals surface area contributed by atoms with Crippen molar-refractivity contribution in [2.24, 2.45) is 0 Å². The number of carbonyl (C=O) groups excluding carboxylic acids is 1. The van der Waals surface area contributed by atoms with Crippen molar-refractivity contribution in [1.82, 2.24) is 15.3 Å². The molecule has 2 aromatic heterocycles. The molecule has 1 amide bonds. The summed E-state index contributed by atoms with van der Waals surface area (Å²) in [6.45, 7) is 1.71. The first-order valence-corrected chi connectivity index (χ1v) is 8.49. The predicted molar refractivity (Wildman–Crippen MR) is 92.7 cm³/mol. The lowest BCUT2D eigenvalue weighted by Gasteiger charge is -2.09. The molecule has 1 N–H and O–H groups in total. The molecule has 2 heterocycles. The summed E-state index contributed by atoms with van der Waals surface area (Å²) in [6.07, 6.45) is -2.77. The van der Waals surface area contributed by atoms with Crippen molar-refractivity contribution in [1.29, 1.82) is 0 Å². The average Bonchev–Trinajstić information content (AvgIpc) is 3.02. The Balaban J connectivity index is 1.72. The van der Waals surface area contributed by atoms with E-state index in [1.54, 1.807) is 25.3 Å². The summed E-state index contributed by atoms with van der Waals surface area (Å²) in [5, 5.41) is 3.26. The summed E-state index contributed by atoms with van der Waals surface area (Å²) in [5.41, 5.74) is 0.852. The number of nitrogens with zero attached hydrogens (tertiary/aromatic N) is 2. The lowest BCUT2D eigenvalue weighted by atomic mass is 10.1. The molecule has 0 fully saturated rings. The Bertz CT molecular complexity index is 923. The van der Waals surface area contributed by atoms with Crippen LogP contribution < -0.4 is 5.32 Å². The fraction of sp³-hybridized carbons (Fsp3) is 0.167. The molecule has 0 spiro atoms. The first kappa shape index (κ1) is 18.1. The van der Waals surface area contributed by atoms with Gasteiger partial charge in [0.05, 0.1) is 17.0 Å². The number of aromatic nitrogens is 2. The van der Waals surface area contributed by atoms with E-state index >= 15 is 0 Å². The topological polar surface area (TPSA) is 54.9 Å². The van der Waals surface area contributed by atoms with Crippen LogP contribution in [0.1, 0.15) is 26.5 Å². The van der Waals surface area contributed by atoms with Crippen LogP contribution in [-0.4, -0.2) is 15.9 Å². The van der Waals surface area contributed by atoms with E-state index in [0.29, 0.717) is 26.8 Å². The van der Waals surface area contributed by atoms with Crippen LogP contribution in [0.5, 0.6) is 0 Å². The van der Waals surface area contributed by atoms with Crippen LogP contribution in [0, 0.1) is 6.92 Å². The van der Waals surface area contributed by atoms with Gasteiger partial charge in [-0.3, -0.25) is 9.78 Å². The van der Waals surface area contributed by atoms with E-state index in [-0.39, 0.29) is 12.5 Å². The summed E-state index contributed by atoms with van der Waals surface area (Å²) < 4.78 is 38.2. The van der Waals surface area contributed by atoms with E-state index in [2.05, 4.69) is 15.3 Å². The van der Waals surface area contributed by atoms with E-state index in [1.165, 1.54) is 23.5 Å². The second-order valence-electron chi connectivity index (χ2n) is 5.53. The van der Waals surface area contributed by atoms with Crippen molar-refractivity contribution < 1.29 is 18.0 Å². The summed E-state index contributed by atoms with van der Waals surface area (Å²) in [5.74, 6) is -0.375. The van der Waals surface area contributed by atoms with Crippen molar-refractivity contribution >= 4 is 17.2 Å². The van der Waals surface area contributed by atoms with Crippen molar-refractivity contribution in [3.63, 3.8) is 0 Å². The van der Waals surface area contributed by atoms with Gasteiger partial charge in [0, 0.05) is 12.7 Å². The standard InChI is InChI=1S/C18H14F3N3OS/c1-11-15(26-17(24-11)14-7-2-3-8-22-14)16(25)23-10-12-5-4-6-13(9-12)18(19,20)21/h2-9H,10H2,1H3,(H,23,25). The number of hydrogen-bond donors (Lipinski definition) is 1. The summed E-state index contributed by atoms with van der Waals surface area (Å²) in [4.78, 5) is 21.3. The lowest BCUT2D eigenvalue weighted by Crippen LogP contribution is -2.22. The fourth-order valence-electron chi connectivity index (χ4n) is 2.33. The van der Waals surface area contributed by atoms with Gasteiger partial charge in [-0.15, -0.1) is 11.3 Å². The molecule has 0 unspecified atom stereocenters. The molecule has 0 saturated heterocycles. The Morgan fingerprint density at radius 2 is 2.00 bits per heavy atom. The zero-order valence-electron chi connectivity index (χ0n) is 13.7.